The molecule has 0 radical (unpaired) electrons. The molecule has 2 aliphatic heterocycles. The van der Waals surface area contributed by atoms with E-state index in [4.69, 9.17) is 28.4 Å². The lowest BCUT2D eigenvalue weighted by molar-refractivity contribution is -0.332. The molecule has 7 N–H and O–H groups in total. The van der Waals surface area contributed by atoms with E-state index in [9.17, 15) is 40.5 Å². The zero-order valence-electron chi connectivity index (χ0n) is 36.2. The van der Waals surface area contributed by atoms with Crippen molar-refractivity contribution in [2.75, 3.05) is 33.0 Å². The largest absolute Gasteiger partial charge is 0.457 e. The summed E-state index contributed by atoms with van der Waals surface area (Å²) in [5.41, 5.74) is 0. The summed E-state index contributed by atoms with van der Waals surface area (Å²) in [4.78, 5) is 12.8. The standard InChI is InChI=1S/C46H78O14/c1-3-5-7-9-11-13-14-15-16-17-18-19-20-21-22-24-26-28-30-55-32-35(58-38(48)29-27-25-23-12-10-8-6-4-2)33-56-45-44(54)42(52)40(50)37(60-45)34-57-46-43(53)41(51)39(49)36(31-47)59-46/h5,7,11,13,15-16,18-19,21-22,35-37,39-47,49-54H,3-4,6,8-10,12,14,17,20,23-34H2,1-2H3/b7-5-,13-11-,16-15-,19-18-,22-21-. The van der Waals surface area contributed by atoms with Crippen LogP contribution in [0.1, 0.15) is 123 Å². The smallest absolute Gasteiger partial charge is 0.306 e. The number of aliphatic hydroxyl groups excluding tert-OH is 7. The fourth-order valence-electron chi connectivity index (χ4n) is 6.60. The van der Waals surface area contributed by atoms with Gasteiger partial charge in [-0.25, -0.2) is 0 Å². The number of allylic oxidation sites excluding steroid dienone is 10. The van der Waals surface area contributed by atoms with E-state index in [1.165, 1.54) is 25.7 Å². The Morgan fingerprint density at radius 2 is 1.08 bits per heavy atom. The summed E-state index contributed by atoms with van der Waals surface area (Å²) >= 11 is 0. The van der Waals surface area contributed by atoms with Gasteiger partial charge in [-0.05, 0) is 57.8 Å². The van der Waals surface area contributed by atoms with Crippen LogP contribution < -0.4 is 0 Å². The van der Waals surface area contributed by atoms with Crippen LogP contribution in [-0.2, 0) is 33.2 Å². The third-order valence-corrected chi connectivity index (χ3v) is 10.3. The number of aliphatic hydroxyl groups is 7. The van der Waals surface area contributed by atoms with Crippen LogP contribution in [0.5, 0.6) is 0 Å². The summed E-state index contributed by atoms with van der Waals surface area (Å²) in [5, 5.41) is 71.8. The molecular weight excluding hydrogens is 776 g/mol. The SMILES string of the molecule is CC/C=C\C/C=C\C/C=C\C/C=C\C/C=C\CCCCOCC(COC1OC(COC2OC(CO)C(O)C(O)C2O)C(O)C(O)C1O)OC(=O)CCCCCCCCCC. The van der Waals surface area contributed by atoms with Crippen molar-refractivity contribution in [2.45, 2.75) is 191 Å². The van der Waals surface area contributed by atoms with Gasteiger partial charge >= 0.3 is 5.97 Å². The Labute approximate surface area is 358 Å². The summed E-state index contributed by atoms with van der Waals surface area (Å²) in [7, 11) is 0. The molecule has 2 rings (SSSR count). The predicted octanol–water partition coefficient (Wildman–Crippen LogP) is 5.01. The molecule has 0 amide bonds. The first kappa shape index (κ1) is 53.8. The first-order valence-electron chi connectivity index (χ1n) is 22.4. The molecule has 14 nitrogen and oxygen atoms in total. The van der Waals surface area contributed by atoms with Crippen molar-refractivity contribution < 1.29 is 69.0 Å². The number of hydrogen-bond acceptors (Lipinski definition) is 14. The van der Waals surface area contributed by atoms with Crippen molar-refractivity contribution in [3.63, 3.8) is 0 Å². The third kappa shape index (κ3) is 22.7. The lowest BCUT2D eigenvalue weighted by Crippen LogP contribution is -2.61. The van der Waals surface area contributed by atoms with Crippen LogP contribution >= 0.6 is 0 Å². The highest BCUT2D eigenvalue weighted by molar-refractivity contribution is 5.69. The quantitative estimate of drug-likeness (QED) is 0.0263. The monoisotopic (exact) mass is 855 g/mol. The van der Waals surface area contributed by atoms with Gasteiger partial charge in [-0.1, -0.05) is 120 Å². The van der Waals surface area contributed by atoms with Gasteiger partial charge in [-0.3, -0.25) is 4.79 Å². The summed E-state index contributed by atoms with van der Waals surface area (Å²) in [6.07, 6.45) is 21.7. The minimum atomic E-state index is -1.71. The normalized spacial score (nSPS) is 28.3. The molecule has 0 saturated carbocycles. The van der Waals surface area contributed by atoms with E-state index in [1.807, 2.05) is 0 Å². The molecule has 2 fully saturated rings. The molecule has 0 aliphatic carbocycles. The van der Waals surface area contributed by atoms with Gasteiger partial charge < -0.3 is 64.2 Å². The lowest BCUT2D eigenvalue weighted by Gasteiger charge is -2.42. The molecule has 0 bridgehead atoms. The van der Waals surface area contributed by atoms with Gasteiger partial charge in [-0.2, -0.15) is 0 Å². The van der Waals surface area contributed by atoms with Crippen LogP contribution in [-0.4, -0.2) is 142 Å². The van der Waals surface area contributed by atoms with E-state index in [-0.39, 0.29) is 19.6 Å². The molecule has 2 heterocycles. The average Bonchev–Trinajstić information content (AvgIpc) is 3.24. The molecule has 0 aromatic carbocycles. The molecule has 60 heavy (non-hydrogen) atoms. The first-order valence-corrected chi connectivity index (χ1v) is 22.4. The van der Waals surface area contributed by atoms with E-state index < -0.39 is 86.7 Å². The van der Waals surface area contributed by atoms with Crippen molar-refractivity contribution in [3.05, 3.63) is 60.8 Å². The highest BCUT2D eigenvalue weighted by Gasteiger charge is 2.47. The molecule has 2 aliphatic rings. The number of hydrogen-bond donors (Lipinski definition) is 7. The van der Waals surface area contributed by atoms with Crippen molar-refractivity contribution in [1.29, 1.82) is 0 Å². The lowest BCUT2D eigenvalue weighted by atomic mass is 9.98. The molecule has 11 atom stereocenters. The Kier molecular flexibility index (Phi) is 30.7. The minimum absolute atomic E-state index is 0.0302. The Balaban J connectivity index is 1.81. The summed E-state index contributed by atoms with van der Waals surface area (Å²) in [6, 6.07) is 0. The predicted molar refractivity (Wildman–Crippen MR) is 229 cm³/mol. The van der Waals surface area contributed by atoms with Crippen molar-refractivity contribution in [3.8, 4) is 0 Å². The Hall–Kier alpha value is -2.31. The molecule has 0 aromatic rings. The molecule has 11 unspecified atom stereocenters. The molecular formula is C46H78O14. The average molecular weight is 855 g/mol. The maximum absolute atomic E-state index is 12.8. The molecule has 0 aromatic heterocycles. The van der Waals surface area contributed by atoms with Crippen LogP contribution in [0, 0.1) is 0 Å². The summed E-state index contributed by atoms with van der Waals surface area (Å²) in [6.45, 7) is 3.39. The second-order valence-corrected chi connectivity index (χ2v) is 15.5. The number of ether oxygens (including phenoxy) is 6. The van der Waals surface area contributed by atoms with Crippen LogP contribution in [0.25, 0.3) is 0 Å². The van der Waals surface area contributed by atoms with Gasteiger partial charge in [0.15, 0.2) is 12.6 Å². The Morgan fingerprint density at radius 1 is 0.567 bits per heavy atom. The fraction of sp³-hybridized carbons (Fsp3) is 0.761. The van der Waals surface area contributed by atoms with E-state index >= 15 is 0 Å². The number of unbranched alkanes of at least 4 members (excludes halogenated alkanes) is 9. The number of carbonyl (C=O) groups excluding carboxylic acids is 1. The van der Waals surface area contributed by atoms with Crippen molar-refractivity contribution in [1.82, 2.24) is 0 Å². The zero-order valence-corrected chi connectivity index (χ0v) is 36.2. The number of rotatable bonds is 33. The second kappa shape index (κ2) is 34.2. The van der Waals surface area contributed by atoms with Gasteiger partial charge in [0.05, 0.1) is 26.4 Å². The van der Waals surface area contributed by atoms with Gasteiger partial charge in [0, 0.05) is 13.0 Å². The third-order valence-electron chi connectivity index (χ3n) is 10.3. The minimum Gasteiger partial charge on any atom is -0.457 e. The molecule has 346 valence electrons. The van der Waals surface area contributed by atoms with Gasteiger partial charge in [-0.15, -0.1) is 0 Å². The molecule has 2 saturated heterocycles. The van der Waals surface area contributed by atoms with Crippen LogP contribution in [0.15, 0.2) is 60.8 Å². The van der Waals surface area contributed by atoms with E-state index in [0.717, 1.165) is 70.6 Å². The summed E-state index contributed by atoms with van der Waals surface area (Å²) < 4.78 is 34.0. The van der Waals surface area contributed by atoms with E-state index in [1.54, 1.807) is 0 Å². The summed E-state index contributed by atoms with van der Waals surface area (Å²) in [5.74, 6) is -0.400. The van der Waals surface area contributed by atoms with Gasteiger partial charge in [0.1, 0.15) is 54.9 Å². The maximum Gasteiger partial charge on any atom is 0.306 e. The second-order valence-electron chi connectivity index (χ2n) is 15.5. The van der Waals surface area contributed by atoms with E-state index in [0.29, 0.717) is 13.0 Å². The Bertz CT molecular complexity index is 1220. The van der Waals surface area contributed by atoms with Crippen LogP contribution in [0.2, 0.25) is 0 Å². The van der Waals surface area contributed by atoms with Crippen LogP contribution in [0.3, 0.4) is 0 Å². The van der Waals surface area contributed by atoms with Crippen molar-refractivity contribution >= 4 is 5.97 Å². The topological polar surface area (TPSA) is 214 Å². The van der Waals surface area contributed by atoms with Crippen LogP contribution in [0.4, 0.5) is 0 Å². The number of esters is 1. The highest BCUT2D eigenvalue weighted by Crippen LogP contribution is 2.26. The fourth-order valence-corrected chi connectivity index (χ4v) is 6.60. The highest BCUT2D eigenvalue weighted by atomic mass is 16.7. The van der Waals surface area contributed by atoms with Crippen molar-refractivity contribution in [2.24, 2.45) is 0 Å². The van der Waals surface area contributed by atoms with Gasteiger partial charge in [0.2, 0.25) is 0 Å². The number of carbonyl (C=O) groups is 1. The van der Waals surface area contributed by atoms with E-state index in [2.05, 4.69) is 74.6 Å². The molecule has 0 spiro atoms. The first-order chi connectivity index (χ1) is 29.1. The zero-order chi connectivity index (χ0) is 43.8. The maximum atomic E-state index is 12.8. The molecule has 14 heteroatoms. The Morgan fingerprint density at radius 3 is 1.67 bits per heavy atom. The van der Waals surface area contributed by atoms with Gasteiger partial charge in [0.25, 0.3) is 0 Å².